The van der Waals surface area contributed by atoms with Gasteiger partial charge in [0.25, 0.3) is 0 Å². The lowest BCUT2D eigenvalue weighted by Crippen LogP contribution is -2.24. The Balaban J connectivity index is 2.25. The van der Waals surface area contributed by atoms with E-state index in [9.17, 15) is 4.39 Å². The van der Waals surface area contributed by atoms with Crippen LogP contribution in [0.15, 0.2) is 41.0 Å². The van der Waals surface area contributed by atoms with Crippen molar-refractivity contribution < 1.29 is 4.39 Å². The van der Waals surface area contributed by atoms with Crippen molar-refractivity contribution in [1.29, 1.82) is 0 Å². The number of nitrogens with zero attached hydrogens (tertiary/aromatic N) is 1. The molecule has 0 bridgehead atoms. The van der Waals surface area contributed by atoms with Crippen LogP contribution in [0.3, 0.4) is 0 Å². The topological polar surface area (TPSA) is 24.9 Å². The van der Waals surface area contributed by atoms with Gasteiger partial charge >= 0.3 is 0 Å². The summed E-state index contributed by atoms with van der Waals surface area (Å²) in [5, 5.41) is 3.92. The van der Waals surface area contributed by atoms with Crippen LogP contribution in [0.4, 0.5) is 4.39 Å². The molecule has 5 heteroatoms. The van der Waals surface area contributed by atoms with E-state index < -0.39 is 0 Å². The summed E-state index contributed by atoms with van der Waals surface area (Å²) >= 11 is 9.22. The van der Waals surface area contributed by atoms with Crippen LogP contribution in [0, 0.1) is 5.82 Å². The molecule has 0 aliphatic heterocycles. The van der Waals surface area contributed by atoms with Crippen molar-refractivity contribution in [1.82, 2.24) is 10.3 Å². The van der Waals surface area contributed by atoms with E-state index in [1.54, 1.807) is 24.4 Å². The van der Waals surface area contributed by atoms with E-state index in [0.717, 1.165) is 16.7 Å². The number of benzene rings is 1. The minimum Gasteiger partial charge on any atom is -0.309 e. The molecular weight excluding hydrogens is 343 g/mol. The predicted molar refractivity (Wildman–Crippen MR) is 83.5 cm³/mol. The van der Waals surface area contributed by atoms with E-state index in [0.29, 0.717) is 17.0 Å². The lowest BCUT2D eigenvalue weighted by atomic mass is 10.0. The maximum absolute atomic E-state index is 13.9. The highest BCUT2D eigenvalue weighted by atomic mass is 79.9. The Morgan fingerprint density at radius 3 is 2.80 bits per heavy atom. The molecule has 0 radical (unpaired) electrons. The molecule has 1 aromatic heterocycles. The Labute approximate surface area is 131 Å². The smallest absolute Gasteiger partial charge is 0.126 e. The molecule has 1 aromatic carbocycles. The Kier molecular flexibility index (Phi) is 5.52. The van der Waals surface area contributed by atoms with Crippen molar-refractivity contribution in [2.45, 2.75) is 19.4 Å². The molecule has 0 spiro atoms. The van der Waals surface area contributed by atoms with E-state index >= 15 is 0 Å². The van der Waals surface area contributed by atoms with Crippen molar-refractivity contribution in [2.24, 2.45) is 0 Å². The molecule has 1 N–H and O–H groups in total. The van der Waals surface area contributed by atoms with Gasteiger partial charge in [-0.1, -0.05) is 34.5 Å². The van der Waals surface area contributed by atoms with Crippen molar-refractivity contribution in [3.8, 4) is 0 Å². The van der Waals surface area contributed by atoms with Crippen LogP contribution in [0.5, 0.6) is 0 Å². The van der Waals surface area contributed by atoms with Crippen LogP contribution in [0.1, 0.15) is 24.2 Å². The average Bonchev–Trinajstić information content (AvgIpc) is 2.43. The summed E-state index contributed by atoms with van der Waals surface area (Å²) in [6, 6.07) is 8.59. The summed E-state index contributed by atoms with van der Waals surface area (Å²) in [7, 11) is 0. The SMILES string of the molecule is CCNC(Cc1cc(Br)ccc1F)c1ccc(Cl)cn1. The van der Waals surface area contributed by atoms with Gasteiger partial charge < -0.3 is 5.32 Å². The number of rotatable bonds is 5. The summed E-state index contributed by atoms with van der Waals surface area (Å²) in [6.07, 6.45) is 2.15. The Bertz CT molecular complexity index is 575. The standard InChI is InChI=1S/C15H15BrClFN2/c1-2-19-15(14-6-4-12(17)9-20-14)8-10-7-11(16)3-5-13(10)18/h3-7,9,15,19H,2,8H2,1H3. The third kappa shape index (κ3) is 4.01. The lowest BCUT2D eigenvalue weighted by molar-refractivity contribution is 0.518. The lowest BCUT2D eigenvalue weighted by Gasteiger charge is -2.18. The normalized spacial score (nSPS) is 12.4. The molecule has 2 rings (SSSR count). The van der Waals surface area contributed by atoms with E-state index in [4.69, 9.17) is 11.6 Å². The van der Waals surface area contributed by atoms with Gasteiger partial charge in [0, 0.05) is 10.7 Å². The molecular formula is C15H15BrClFN2. The molecule has 0 aliphatic carbocycles. The largest absolute Gasteiger partial charge is 0.309 e. The second kappa shape index (κ2) is 7.16. The van der Waals surface area contributed by atoms with Crippen molar-refractivity contribution >= 4 is 27.5 Å². The Morgan fingerprint density at radius 1 is 1.35 bits per heavy atom. The highest BCUT2D eigenvalue weighted by Gasteiger charge is 2.15. The van der Waals surface area contributed by atoms with Crippen LogP contribution in [-0.4, -0.2) is 11.5 Å². The highest BCUT2D eigenvalue weighted by Crippen LogP contribution is 2.22. The first-order valence-electron chi connectivity index (χ1n) is 6.39. The number of pyridine rings is 1. The molecule has 2 nitrogen and oxygen atoms in total. The molecule has 1 atom stereocenters. The summed E-state index contributed by atoms with van der Waals surface area (Å²) in [4.78, 5) is 4.32. The molecule has 106 valence electrons. The first kappa shape index (κ1) is 15.4. The number of nitrogens with one attached hydrogen (secondary N) is 1. The molecule has 2 aromatic rings. The monoisotopic (exact) mass is 356 g/mol. The molecule has 0 fully saturated rings. The van der Waals surface area contributed by atoms with Gasteiger partial charge in [0.15, 0.2) is 0 Å². The maximum Gasteiger partial charge on any atom is 0.126 e. The second-order valence-electron chi connectivity index (χ2n) is 4.45. The van der Waals surface area contributed by atoms with Gasteiger partial charge in [-0.2, -0.15) is 0 Å². The van der Waals surface area contributed by atoms with Gasteiger partial charge in [-0.05, 0) is 48.9 Å². The van der Waals surface area contributed by atoms with E-state index in [2.05, 4.69) is 26.2 Å². The molecule has 1 unspecified atom stereocenters. The fourth-order valence-electron chi connectivity index (χ4n) is 2.04. The van der Waals surface area contributed by atoms with Gasteiger partial charge in [0.2, 0.25) is 0 Å². The number of hydrogen-bond acceptors (Lipinski definition) is 2. The Hall–Kier alpha value is -0.970. The molecule has 20 heavy (non-hydrogen) atoms. The fourth-order valence-corrected chi connectivity index (χ4v) is 2.56. The number of hydrogen-bond donors (Lipinski definition) is 1. The maximum atomic E-state index is 13.9. The number of likely N-dealkylation sites (N-methyl/N-ethyl adjacent to an activating group) is 1. The fraction of sp³-hybridized carbons (Fsp3) is 0.267. The van der Waals surface area contributed by atoms with Crippen LogP contribution < -0.4 is 5.32 Å². The van der Waals surface area contributed by atoms with E-state index in [-0.39, 0.29) is 11.9 Å². The van der Waals surface area contributed by atoms with Gasteiger partial charge in [-0.15, -0.1) is 0 Å². The predicted octanol–water partition coefficient (Wildman–Crippen LogP) is 4.53. The van der Waals surface area contributed by atoms with Crippen LogP contribution >= 0.6 is 27.5 Å². The Morgan fingerprint density at radius 2 is 2.15 bits per heavy atom. The summed E-state index contributed by atoms with van der Waals surface area (Å²) in [5.74, 6) is -0.204. The van der Waals surface area contributed by atoms with Crippen molar-refractivity contribution in [2.75, 3.05) is 6.54 Å². The molecule has 1 heterocycles. The second-order valence-corrected chi connectivity index (χ2v) is 5.80. The van der Waals surface area contributed by atoms with Gasteiger partial charge in [0.05, 0.1) is 16.8 Å². The van der Waals surface area contributed by atoms with Gasteiger partial charge in [-0.3, -0.25) is 4.98 Å². The van der Waals surface area contributed by atoms with Crippen LogP contribution in [-0.2, 0) is 6.42 Å². The quantitative estimate of drug-likeness (QED) is 0.850. The minimum absolute atomic E-state index is 0.0407. The summed E-state index contributed by atoms with van der Waals surface area (Å²) in [6.45, 7) is 2.80. The zero-order valence-corrected chi connectivity index (χ0v) is 13.4. The van der Waals surface area contributed by atoms with Gasteiger partial charge in [0.1, 0.15) is 5.82 Å². The van der Waals surface area contributed by atoms with Gasteiger partial charge in [-0.25, -0.2) is 4.39 Å². The molecule has 0 aliphatic rings. The number of halogens is 3. The molecule has 0 amide bonds. The summed E-state index contributed by atoms with van der Waals surface area (Å²) < 4.78 is 14.7. The van der Waals surface area contributed by atoms with Crippen LogP contribution in [0.25, 0.3) is 0 Å². The number of aromatic nitrogens is 1. The summed E-state index contributed by atoms with van der Waals surface area (Å²) in [5.41, 5.74) is 1.51. The van der Waals surface area contributed by atoms with Crippen LogP contribution in [0.2, 0.25) is 5.02 Å². The minimum atomic E-state index is -0.204. The van der Waals surface area contributed by atoms with E-state index in [1.165, 1.54) is 6.07 Å². The van der Waals surface area contributed by atoms with Crippen molar-refractivity contribution in [3.63, 3.8) is 0 Å². The zero-order valence-electron chi connectivity index (χ0n) is 11.0. The van der Waals surface area contributed by atoms with Crippen molar-refractivity contribution in [3.05, 3.63) is 63.1 Å². The third-order valence-electron chi connectivity index (χ3n) is 2.99. The zero-order chi connectivity index (χ0) is 14.5. The first-order valence-corrected chi connectivity index (χ1v) is 7.56. The molecule has 0 saturated heterocycles. The molecule has 0 saturated carbocycles. The third-order valence-corrected chi connectivity index (χ3v) is 3.71. The highest BCUT2D eigenvalue weighted by molar-refractivity contribution is 9.10. The average molecular weight is 358 g/mol. The van der Waals surface area contributed by atoms with E-state index in [1.807, 2.05) is 13.0 Å². The first-order chi connectivity index (χ1) is 9.60.